The highest BCUT2D eigenvalue weighted by molar-refractivity contribution is 5.96. The summed E-state index contributed by atoms with van der Waals surface area (Å²) in [5.41, 5.74) is 4.44. The number of hydrogen-bond acceptors (Lipinski definition) is 5. The number of anilines is 1. The fourth-order valence-electron chi connectivity index (χ4n) is 4.62. The molecule has 1 saturated carbocycles. The zero-order valence-corrected chi connectivity index (χ0v) is 20.4. The molecule has 0 spiro atoms. The van der Waals surface area contributed by atoms with Crippen LogP contribution in [0.2, 0.25) is 0 Å². The first-order valence-electron chi connectivity index (χ1n) is 12.1. The summed E-state index contributed by atoms with van der Waals surface area (Å²) in [5, 5.41) is 12.4. The maximum absolute atomic E-state index is 9.07. The zero-order valence-electron chi connectivity index (χ0n) is 20.4. The first kappa shape index (κ1) is 24.3. The molecule has 4 rings (SSSR count). The van der Waals surface area contributed by atoms with E-state index in [4.69, 9.17) is 14.7 Å². The molecule has 1 unspecified atom stereocenters. The first-order valence-corrected chi connectivity index (χ1v) is 12.1. The van der Waals surface area contributed by atoms with Crippen LogP contribution in [0.5, 0.6) is 11.5 Å². The van der Waals surface area contributed by atoms with Crippen molar-refractivity contribution in [1.29, 1.82) is 5.26 Å². The van der Waals surface area contributed by atoms with Gasteiger partial charge in [0.25, 0.3) is 0 Å². The number of methoxy groups -OCH3 is 1. The molecule has 0 amide bonds. The van der Waals surface area contributed by atoms with Gasteiger partial charge in [0, 0.05) is 31.0 Å². The van der Waals surface area contributed by atoms with Crippen LogP contribution in [-0.2, 0) is 6.42 Å². The van der Waals surface area contributed by atoms with Crippen molar-refractivity contribution in [1.82, 2.24) is 4.98 Å². The summed E-state index contributed by atoms with van der Waals surface area (Å²) < 4.78 is 12.0. The summed E-state index contributed by atoms with van der Waals surface area (Å²) in [5.74, 6) is 2.31. The Morgan fingerprint density at radius 3 is 2.57 bits per heavy atom. The van der Waals surface area contributed by atoms with E-state index in [2.05, 4.69) is 57.8 Å². The number of aliphatic imine (C=N–C) groups is 1. The molecule has 1 N–H and O–H groups in total. The van der Waals surface area contributed by atoms with Gasteiger partial charge in [0.2, 0.25) is 0 Å². The lowest BCUT2D eigenvalue weighted by molar-refractivity contribution is 0.200. The standard InChI is InChI=1S/C29H32N4O2/c1-31-29(12-15-30)33-24-7-5-6-22(19-24)26(18-21-13-16-32-17-14-21)23-10-11-27(34-2)28(20-23)35-25-8-3-4-9-25/h5-7,10-11,13-14,16-17,19-20,25-26H,3-4,8-9,12,18H2,1-2H3,(H,31,33). The minimum absolute atomic E-state index is 0.0916. The average molecular weight is 469 g/mol. The summed E-state index contributed by atoms with van der Waals surface area (Å²) in [7, 11) is 3.38. The van der Waals surface area contributed by atoms with Gasteiger partial charge < -0.3 is 14.8 Å². The van der Waals surface area contributed by atoms with E-state index in [1.807, 2.05) is 30.6 Å². The summed E-state index contributed by atoms with van der Waals surface area (Å²) in [6.07, 6.45) is 9.57. The first-order chi connectivity index (χ1) is 17.2. The summed E-state index contributed by atoms with van der Waals surface area (Å²) in [6.45, 7) is 0. The lowest BCUT2D eigenvalue weighted by Gasteiger charge is -2.22. The van der Waals surface area contributed by atoms with Crippen molar-refractivity contribution in [3.05, 3.63) is 83.7 Å². The van der Waals surface area contributed by atoms with E-state index in [-0.39, 0.29) is 18.4 Å². The van der Waals surface area contributed by atoms with Crippen LogP contribution in [0.15, 0.2) is 72.0 Å². The van der Waals surface area contributed by atoms with Crippen molar-refractivity contribution < 1.29 is 9.47 Å². The third kappa shape index (κ3) is 6.39. The highest BCUT2D eigenvalue weighted by Gasteiger charge is 2.22. The Bertz CT molecular complexity index is 1180. The van der Waals surface area contributed by atoms with Crippen LogP contribution in [0.1, 0.15) is 54.7 Å². The molecule has 1 atom stereocenters. The molecule has 1 fully saturated rings. The number of pyridine rings is 1. The summed E-state index contributed by atoms with van der Waals surface area (Å²) >= 11 is 0. The van der Waals surface area contributed by atoms with Crippen LogP contribution in [-0.4, -0.2) is 31.1 Å². The minimum Gasteiger partial charge on any atom is -0.493 e. The van der Waals surface area contributed by atoms with Gasteiger partial charge in [0.1, 0.15) is 5.84 Å². The number of nitrogens with one attached hydrogen (secondary N) is 1. The van der Waals surface area contributed by atoms with Gasteiger partial charge in [-0.05, 0) is 85.2 Å². The lowest BCUT2D eigenvalue weighted by atomic mass is 9.85. The van der Waals surface area contributed by atoms with Gasteiger partial charge in [-0.1, -0.05) is 18.2 Å². The van der Waals surface area contributed by atoms with Gasteiger partial charge in [-0.3, -0.25) is 9.98 Å². The third-order valence-electron chi connectivity index (χ3n) is 6.47. The Labute approximate surface area is 207 Å². The molecule has 1 aliphatic carbocycles. The molecule has 180 valence electrons. The largest absolute Gasteiger partial charge is 0.493 e. The quantitative estimate of drug-likeness (QED) is 0.301. The van der Waals surface area contributed by atoms with Crippen LogP contribution >= 0.6 is 0 Å². The summed E-state index contributed by atoms with van der Waals surface area (Å²) in [6, 6.07) is 20.9. The molecule has 2 aromatic carbocycles. The number of nitrogens with zero attached hydrogens (tertiary/aromatic N) is 3. The smallest absolute Gasteiger partial charge is 0.161 e. The highest BCUT2D eigenvalue weighted by Crippen LogP contribution is 2.37. The fourth-order valence-corrected chi connectivity index (χ4v) is 4.62. The summed E-state index contributed by atoms with van der Waals surface area (Å²) in [4.78, 5) is 8.38. The number of rotatable bonds is 9. The van der Waals surface area contributed by atoms with Crippen molar-refractivity contribution in [2.24, 2.45) is 4.99 Å². The van der Waals surface area contributed by atoms with Crippen molar-refractivity contribution >= 4 is 11.5 Å². The number of benzene rings is 2. The molecule has 0 radical (unpaired) electrons. The molecule has 1 heterocycles. The number of hydrogen-bond donors (Lipinski definition) is 1. The maximum Gasteiger partial charge on any atom is 0.161 e. The molecule has 6 heteroatoms. The van der Waals surface area contributed by atoms with Gasteiger partial charge in [-0.15, -0.1) is 0 Å². The molecule has 35 heavy (non-hydrogen) atoms. The normalized spacial score (nSPS) is 14.8. The molecule has 0 bridgehead atoms. The SMILES string of the molecule is CN=C(CC#N)Nc1cccc(C(Cc2ccncc2)c2ccc(OC)c(OC3CCCC3)c2)c1. The molecule has 1 aromatic heterocycles. The Morgan fingerprint density at radius 2 is 1.86 bits per heavy atom. The average Bonchev–Trinajstić information content (AvgIpc) is 3.41. The van der Waals surface area contributed by atoms with Gasteiger partial charge in [-0.25, -0.2) is 0 Å². The van der Waals surface area contributed by atoms with Crippen molar-refractivity contribution in [2.75, 3.05) is 19.5 Å². The van der Waals surface area contributed by atoms with Crippen molar-refractivity contribution in [3.8, 4) is 17.6 Å². The van der Waals surface area contributed by atoms with Crippen LogP contribution in [0.3, 0.4) is 0 Å². The van der Waals surface area contributed by atoms with E-state index >= 15 is 0 Å². The fraction of sp³-hybridized carbons (Fsp3) is 0.345. The molecular weight excluding hydrogens is 436 g/mol. The minimum atomic E-state index is 0.0916. The number of amidine groups is 1. The second kappa shape index (κ2) is 12.0. The van der Waals surface area contributed by atoms with E-state index in [0.717, 1.165) is 47.6 Å². The highest BCUT2D eigenvalue weighted by atomic mass is 16.5. The predicted molar refractivity (Wildman–Crippen MR) is 139 cm³/mol. The Balaban J connectivity index is 1.70. The number of ether oxygens (including phenoxy) is 2. The topological polar surface area (TPSA) is 79.5 Å². The van der Waals surface area contributed by atoms with E-state index in [9.17, 15) is 0 Å². The van der Waals surface area contributed by atoms with E-state index < -0.39 is 0 Å². The van der Waals surface area contributed by atoms with Crippen molar-refractivity contribution in [3.63, 3.8) is 0 Å². The van der Waals surface area contributed by atoms with Crippen LogP contribution in [0, 0.1) is 11.3 Å². The molecule has 3 aromatic rings. The predicted octanol–water partition coefficient (Wildman–Crippen LogP) is 6.14. The van der Waals surface area contributed by atoms with Crippen LogP contribution in [0.4, 0.5) is 5.69 Å². The Hall–Kier alpha value is -3.85. The Kier molecular flexibility index (Phi) is 8.34. The number of nitriles is 1. The van der Waals surface area contributed by atoms with Gasteiger partial charge in [0.15, 0.2) is 11.5 Å². The molecule has 1 aliphatic rings. The lowest BCUT2D eigenvalue weighted by Crippen LogP contribution is -2.13. The van der Waals surface area contributed by atoms with Crippen LogP contribution < -0.4 is 14.8 Å². The Morgan fingerprint density at radius 1 is 1.09 bits per heavy atom. The van der Waals surface area contributed by atoms with E-state index in [1.165, 1.54) is 18.4 Å². The van der Waals surface area contributed by atoms with Gasteiger partial charge in [0.05, 0.1) is 25.7 Å². The number of aromatic nitrogens is 1. The van der Waals surface area contributed by atoms with E-state index in [1.54, 1.807) is 14.2 Å². The van der Waals surface area contributed by atoms with Gasteiger partial charge >= 0.3 is 0 Å². The van der Waals surface area contributed by atoms with Crippen LogP contribution in [0.25, 0.3) is 0 Å². The molecule has 0 aliphatic heterocycles. The maximum atomic E-state index is 9.07. The van der Waals surface area contributed by atoms with Gasteiger partial charge in [-0.2, -0.15) is 5.26 Å². The second-order valence-corrected chi connectivity index (χ2v) is 8.80. The second-order valence-electron chi connectivity index (χ2n) is 8.80. The molecular formula is C29H32N4O2. The zero-order chi connectivity index (χ0) is 24.5. The van der Waals surface area contributed by atoms with E-state index in [0.29, 0.717) is 5.84 Å². The molecule has 0 saturated heterocycles. The van der Waals surface area contributed by atoms with Crippen molar-refractivity contribution in [2.45, 2.75) is 50.5 Å². The molecule has 6 nitrogen and oxygen atoms in total. The monoisotopic (exact) mass is 468 g/mol. The third-order valence-corrected chi connectivity index (χ3v) is 6.47.